The molecule has 1 aromatic carbocycles. The highest BCUT2D eigenvalue weighted by molar-refractivity contribution is 7.10. The molecule has 1 heterocycles. The van der Waals surface area contributed by atoms with Crippen LogP contribution < -0.4 is 0 Å². The van der Waals surface area contributed by atoms with E-state index in [0.29, 0.717) is 13.1 Å². The van der Waals surface area contributed by atoms with Crippen molar-refractivity contribution < 1.29 is 14.0 Å². The van der Waals surface area contributed by atoms with Crippen molar-refractivity contribution in [3.63, 3.8) is 0 Å². The highest BCUT2D eigenvalue weighted by Crippen LogP contribution is 2.34. The van der Waals surface area contributed by atoms with Crippen molar-refractivity contribution in [1.82, 2.24) is 9.80 Å². The summed E-state index contributed by atoms with van der Waals surface area (Å²) in [6.45, 7) is 3.12. The van der Waals surface area contributed by atoms with E-state index < -0.39 is 0 Å². The number of hydrogen-bond donors (Lipinski definition) is 0. The second-order valence-electron chi connectivity index (χ2n) is 8.94. The highest BCUT2D eigenvalue weighted by atomic mass is 32.1. The van der Waals surface area contributed by atoms with E-state index in [1.807, 2.05) is 15.2 Å². The van der Waals surface area contributed by atoms with Gasteiger partial charge < -0.3 is 9.80 Å². The Labute approximate surface area is 188 Å². The van der Waals surface area contributed by atoms with Gasteiger partial charge >= 0.3 is 0 Å². The molecule has 2 aliphatic rings. The molecule has 4 rings (SSSR count). The van der Waals surface area contributed by atoms with E-state index in [2.05, 4.69) is 13.0 Å². The number of amides is 2. The summed E-state index contributed by atoms with van der Waals surface area (Å²) < 4.78 is 13.4. The Kier molecular flexibility index (Phi) is 7.06. The van der Waals surface area contributed by atoms with E-state index in [-0.39, 0.29) is 36.1 Å². The molecular weight excluding hydrogens is 411 g/mol. The Morgan fingerprint density at radius 2 is 1.71 bits per heavy atom. The lowest BCUT2D eigenvalue weighted by molar-refractivity contribution is -0.144. The van der Waals surface area contributed by atoms with E-state index in [1.165, 1.54) is 24.1 Å². The summed E-state index contributed by atoms with van der Waals surface area (Å²) in [5.74, 6) is -0.0416. The van der Waals surface area contributed by atoms with Gasteiger partial charge in [-0.25, -0.2) is 4.39 Å². The normalized spacial score (nSPS) is 16.8. The maximum absolute atomic E-state index is 13.5. The third-order valence-electron chi connectivity index (χ3n) is 6.47. The van der Waals surface area contributed by atoms with Gasteiger partial charge in [0, 0.05) is 23.4 Å². The molecule has 31 heavy (non-hydrogen) atoms. The molecule has 6 heteroatoms. The van der Waals surface area contributed by atoms with Gasteiger partial charge in [-0.3, -0.25) is 9.59 Å². The van der Waals surface area contributed by atoms with Crippen molar-refractivity contribution in [1.29, 1.82) is 0 Å². The standard InChI is InChI=1S/C25H31FN2O2S/c1-18-13-14-31-23(18)16-27(15-19-7-11-21(26)12-8-19)24(29)17-28(25(30)20-9-10-20)22-5-3-2-4-6-22/h7-8,11-14,20,22H,2-6,9-10,15-17H2,1H3. The summed E-state index contributed by atoms with van der Waals surface area (Å²) in [4.78, 5) is 31.4. The summed E-state index contributed by atoms with van der Waals surface area (Å²) in [5, 5.41) is 2.04. The fourth-order valence-corrected chi connectivity index (χ4v) is 5.29. The zero-order valence-corrected chi connectivity index (χ0v) is 19.0. The summed E-state index contributed by atoms with van der Waals surface area (Å²) in [5.41, 5.74) is 2.06. The van der Waals surface area contributed by atoms with E-state index in [9.17, 15) is 14.0 Å². The predicted molar refractivity (Wildman–Crippen MR) is 121 cm³/mol. The molecule has 4 nitrogen and oxygen atoms in total. The van der Waals surface area contributed by atoms with Crippen LogP contribution in [0.5, 0.6) is 0 Å². The second kappa shape index (κ2) is 9.94. The molecule has 0 N–H and O–H groups in total. The van der Waals surface area contributed by atoms with E-state index >= 15 is 0 Å². The largest absolute Gasteiger partial charge is 0.332 e. The molecule has 2 amide bonds. The Morgan fingerprint density at radius 1 is 1.00 bits per heavy atom. The zero-order valence-electron chi connectivity index (χ0n) is 18.2. The van der Waals surface area contributed by atoms with Crippen LogP contribution in [-0.2, 0) is 22.7 Å². The molecule has 2 aliphatic carbocycles. The summed E-state index contributed by atoms with van der Waals surface area (Å²) in [6, 6.07) is 8.56. The molecular formula is C25H31FN2O2S. The van der Waals surface area contributed by atoms with Crippen LogP contribution in [-0.4, -0.2) is 34.2 Å². The van der Waals surface area contributed by atoms with Crippen LogP contribution in [0.15, 0.2) is 35.7 Å². The fourth-order valence-electron chi connectivity index (χ4n) is 4.37. The fraction of sp³-hybridized carbons (Fsp3) is 0.520. The molecule has 1 aromatic heterocycles. The number of halogens is 1. The molecule has 0 aliphatic heterocycles. The van der Waals surface area contributed by atoms with Crippen LogP contribution in [0, 0.1) is 18.7 Å². The Hall–Kier alpha value is -2.21. The van der Waals surface area contributed by atoms with Crippen molar-refractivity contribution >= 4 is 23.2 Å². The lowest BCUT2D eigenvalue weighted by atomic mass is 9.93. The number of carbonyl (C=O) groups excluding carboxylic acids is 2. The summed E-state index contributed by atoms with van der Waals surface area (Å²) in [7, 11) is 0. The first-order chi connectivity index (χ1) is 15.0. The van der Waals surface area contributed by atoms with E-state index in [1.54, 1.807) is 23.5 Å². The first-order valence-corrected chi connectivity index (χ1v) is 12.2. The van der Waals surface area contributed by atoms with Crippen molar-refractivity contribution in [3.8, 4) is 0 Å². The molecule has 2 aromatic rings. The van der Waals surface area contributed by atoms with Crippen molar-refractivity contribution in [2.24, 2.45) is 5.92 Å². The lowest BCUT2D eigenvalue weighted by Crippen LogP contribution is -2.48. The van der Waals surface area contributed by atoms with Gasteiger partial charge in [-0.1, -0.05) is 31.4 Å². The molecule has 0 bridgehead atoms. The number of benzene rings is 1. The molecule has 0 atom stereocenters. The number of aryl methyl sites for hydroxylation is 1. The number of thiophene rings is 1. The van der Waals surface area contributed by atoms with E-state index in [4.69, 9.17) is 0 Å². The van der Waals surface area contributed by atoms with Gasteiger partial charge in [-0.05, 0) is 67.3 Å². The van der Waals surface area contributed by atoms with Gasteiger partial charge in [0.15, 0.2) is 0 Å². The second-order valence-corrected chi connectivity index (χ2v) is 9.94. The summed E-state index contributed by atoms with van der Waals surface area (Å²) in [6.07, 6.45) is 7.35. The topological polar surface area (TPSA) is 40.6 Å². The SMILES string of the molecule is Cc1ccsc1CN(Cc1ccc(F)cc1)C(=O)CN(C(=O)C1CC1)C1CCCCC1. The van der Waals surface area contributed by atoms with Gasteiger partial charge in [0.1, 0.15) is 12.4 Å². The maximum atomic E-state index is 13.5. The molecule has 2 saturated carbocycles. The van der Waals surface area contributed by atoms with Crippen LogP contribution in [0.1, 0.15) is 60.9 Å². The Bertz CT molecular complexity index is 901. The third-order valence-corrected chi connectivity index (χ3v) is 7.48. The maximum Gasteiger partial charge on any atom is 0.242 e. The molecule has 2 fully saturated rings. The number of carbonyl (C=O) groups is 2. The molecule has 0 radical (unpaired) electrons. The number of hydrogen-bond acceptors (Lipinski definition) is 3. The lowest BCUT2D eigenvalue weighted by Gasteiger charge is -2.35. The van der Waals surface area contributed by atoms with Crippen LogP contribution in [0.4, 0.5) is 4.39 Å². The molecule has 0 unspecified atom stereocenters. The molecule has 166 valence electrons. The average Bonchev–Trinajstić information content (AvgIpc) is 3.56. The quantitative estimate of drug-likeness (QED) is 0.557. The van der Waals surface area contributed by atoms with Crippen molar-refractivity contribution in [2.75, 3.05) is 6.54 Å². The smallest absolute Gasteiger partial charge is 0.242 e. The van der Waals surface area contributed by atoms with Gasteiger partial charge in [-0.15, -0.1) is 11.3 Å². The van der Waals surface area contributed by atoms with Gasteiger partial charge in [-0.2, -0.15) is 0 Å². The monoisotopic (exact) mass is 442 g/mol. The minimum Gasteiger partial charge on any atom is -0.332 e. The molecule has 0 spiro atoms. The van der Waals surface area contributed by atoms with Crippen molar-refractivity contribution in [2.45, 2.75) is 71.0 Å². The van der Waals surface area contributed by atoms with Crippen LogP contribution in [0.3, 0.4) is 0 Å². The van der Waals surface area contributed by atoms with Gasteiger partial charge in [0.2, 0.25) is 11.8 Å². The van der Waals surface area contributed by atoms with E-state index in [0.717, 1.165) is 49.0 Å². The highest BCUT2D eigenvalue weighted by Gasteiger charge is 2.38. The van der Waals surface area contributed by atoms with Gasteiger partial charge in [0.25, 0.3) is 0 Å². The first-order valence-electron chi connectivity index (χ1n) is 11.4. The van der Waals surface area contributed by atoms with Crippen LogP contribution >= 0.6 is 11.3 Å². The summed E-state index contributed by atoms with van der Waals surface area (Å²) >= 11 is 1.64. The Morgan fingerprint density at radius 3 is 2.32 bits per heavy atom. The third kappa shape index (κ3) is 5.73. The Balaban J connectivity index is 1.52. The predicted octanol–water partition coefficient (Wildman–Crippen LogP) is 5.30. The van der Waals surface area contributed by atoms with Crippen LogP contribution in [0.2, 0.25) is 0 Å². The average molecular weight is 443 g/mol. The minimum absolute atomic E-state index is 0.0308. The van der Waals surface area contributed by atoms with Gasteiger partial charge in [0.05, 0.1) is 6.54 Å². The minimum atomic E-state index is -0.283. The molecule has 0 saturated heterocycles. The number of nitrogens with zero attached hydrogens (tertiary/aromatic N) is 2. The number of rotatable bonds is 8. The zero-order chi connectivity index (χ0) is 21.8. The van der Waals surface area contributed by atoms with Crippen molar-refractivity contribution in [3.05, 3.63) is 57.5 Å². The van der Waals surface area contributed by atoms with Crippen LogP contribution in [0.25, 0.3) is 0 Å². The first kappa shape index (κ1) is 22.0.